The zero-order chi connectivity index (χ0) is 9.26. The van der Waals surface area contributed by atoms with E-state index in [0.29, 0.717) is 6.04 Å². The molecule has 1 aromatic rings. The van der Waals surface area contributed by atoms with Crippen LogP contribution in [0.5, 0.6) is 0 Å². The maximum Gasteiger partial charge on any atom is 0.0701 e. The van der Waals surface area contributed by atoms with Crippen molar-refractivity contribution >= 4 is 27.3 Å². The summed E-state index contributed by atoms with van der Waals surface area (Å²) in [5, 5.41) is 2.17. The topological polar surface area (TPSA) is 38.0 Å². The Kier molecular flexibility index (Phi) is 3.03. The second-order valence-electron chi connectivity index (χ2n) is 3.52. The molecule has 0 bridgehead atoms. The van der Waals surface area contributed by atoms with Crippen molar-refractivity contribution in [2.24, 2.45) is 11.8 Å². The average Bonchev–Trinajstić information content (AvgIpc) is 2.43. The Bertz CT molecular complexity index is 283. The maximum atomic E-state index is 5.56. The Balaban J connectivity index is 2.11. The van der Waals surface area contributed by atoms with Gasteiger partial charge in [0.05, 0.1) is 3.79 Å². The standard InChI is InChI=1S/C9H13BrN2S/c10-8-4-7(5-13-8)9(12-11)6-2-1-3-6/h4-6,9,12H,1-3,11H2. The van der Waals surface area contributed by atoms with Crippen molar-refractivity contribution in [3.63, 3.8) is 0 Å². The summed E-state index contributed by atoms with van der Waals surface area (Å²) in [6.45, 7) is 0. The molecule has 1 unspecified atom stereocenters. The van der Waals surface area contributed by atoms with Crippen molar-refractivity contribution < 1.29 is 0 Å². The Morgan fingerprint density at radius 1 is 1.62 bits per heavy atom. The Morgan fingerprint density at radius 3 is 2.77 bits per heavy atom. The summed E-state index contributed by atoms with van der Waals surface area (Å²) < 4.78 is 1.18. The average molecular weight is 261 g/mol. The molecule has 13 heavy (non-hydrogen) atoms. The minimum atomic E-state index is 0.358. The lowest BCUT2D eigenvalue weighted by Gasteiger charge is -2.32. The first-order valence-corrected chi connectivity index (χ1v) is 6.18. The van der Waals surface area contributed by atoms with Gasteiger partial charge in [0.1, 0.15) is 0 Å². The lowest BCUT2D eigenvalue weighted by molar-refractivity contribution is 0.232. The molecular weight excluding hydrogens is 248 g/mol. The number of rotatable bonds is 3. The lowest BCUT2D eigenvalue weighted by Crippen LogP contribution is -2.36. The van der Waals surface area contributed by atoms with Gasteiger partial charge in [-0.25, -0.2) is 0 Å². The van der Waals surface area contributed by atoms with Crippen molar-refractivity contribution in [1.29, 1.82) is 0 Å². The SMILES string of the molecule is NNC(c1csc(Br)c1)C1CCC1. The van der Waals surface area contributed by atoms with Crippen LogP contribution in [0.4, 0.5) is 0 Å². The summed E-state index contributed by atoms with van der Waals surface area (Å²) in [5.41, 5.74) is 4.24. The van der Waals surface area contributed by atoms with Crippen molar-refractivity contribution in [2.75, 3.05) is 0 Å². The van der Waals surface area contributed by atoms with E-state index in [-0.39, 0.29) is 0 Å². The van der Waals surface area contributed by atoms with Crippen molar-refractivity contribution in [2.45, 2.75) is 25.3 Å². The van der Waals surface area contributed by atoms with Crippen LogP contribution in [0, 0.1) is 5.92 Å². The van der Waals surface area contributed by atoms with Gasteiger partial charge >= 0.3 is 0 Å². The summed E-state index contributed by atoms with van der Waals surface area (Å²) in [5.74, 6) is 6.31. The van der Waals surface area contributed by atoms with Gasteiger partial charge in [-0.05, 0) is 51.7 Å². The summed E-state index contributed by atoms with van der Waals surface area (Å²) in [6.07, 6.45) is 3.97. The van der Waals surface area contributed by atoms with Crippen LogP contribution >= 0.6 is 27.3 Å². The van der Waals surface area contributed by atoms with E-state index in [9.17, 15) is 0 Å². The van der Waals surface area contributed by atoms with Gasteiger partial charge in [-0.1, -0.05) is 6.42 Å². The van der Waals surface area contributed by atoms with Crippen molar-refractivity contribution in [1.82, 2.24) is 5.43 Å². The molecule has 1 atom stereocenters. The van der Waals surface area contributed by atoms with Gasteiger partial charge in [0.25, 0.3) is 0 Å². The second kappa shape index (κ2) is 4.09. The molecule has 0 amide bonds. The zero-order valence-electron chi connectivity index (χ0n) is 7.29. The molecule has 0 radical (unpaired) electrons. The number of hydrogen-bond donors (Lipinski definition) is 2. The third kappa shape index (κ3) is 1.96. The van der Waals surface area contributed by atoms with Crippen LogP contribution in [0.25, 0.3) is 0 Å². The fourth-order valence-corrected chi connectivity index (χ4v) is 2.98. The van der Waals surface area contributed by atoms with E-state index in [1.54, 1.807) is 11.3 Å². The molecule has 0 saturated heterocycles. The Morgan fingerprint density at radius 2 is 2.38 bits per heavy atom. The van der Waals surface area contributed by atoms with E-state index in [1.807, 2.05) is 0 Å². The molecule has 0 aliphatic heterocycles. The van der Waals surface area contributed by atoms with E-state index >= 15 is 0 Å². The largest absolute Gasteiger partial charge is 0.271 e. The number of nitrogens with two attached hydrogens (primary N) is 1. The van der Waals surface area contributed by atoms with E-state index < -0.39 is 0 Å². The van der Waals surface area contributed by atoms with Crippen LogP contribution in [0.15, 0.2) is 15.2 Å². The number of hydrogen-bond acceptors (Lipinski definition) is 3. The third-order valence-corrected chi connectivity index (χ3v) is 4.27. The molecule has 2 rings (SSSR count). The highest BCUT2D eigenvalue weighted by Crippen LogP contribution is 2.39. The van der Waals surface area contributed by atoms with Crippen LogP contribution < -0.4 is 11.3 Å². The van der Waals surface area contributed by atoms with Crippen molar-refractivity contribution in [3.05, 3.63) is 20.8 Å². The molecule has 3 N–H and O–H groups in total. The molecule has 1 aliphatic rings. The Hall–Kier alpha value is 0.100. The van der Waals surface area contributed by atoms with Gasteiger partial charge in [-0.3, -0.25) is 11.3 Å². The van der Waals surface area contributed by atoms with Gasteiger partial charge in [-0.15, -0.1) is 11.3 Å². The first kappa shape index (κ1) is 9.65. The summed E-state index contributed by atoms with van der Waals surface area (Å²) >= 11 is 5.19. The monoisotopic (exact) mass is 260 g/mol. The van der Waals surface area contributed by atoms with E-state index in [0.717, 1.165) is 5.92 Å². The molecule has 1 aromatic heterocycles. The quantitative estimate of drug-likeness (QED) is 0.648. The minimum absolute atomic E-state index is 0.358. The second-order valence-corrected chi connectivity index (χ2v) is 5.81. The predicted molar refractivity (Wildman–Crippen MR) is 59.4 cm³/mol. The first-order valence-electron chi connectivity index (χ1n) is 4.51. The Labute approximate surface area is 90.6 Å². The molecular formula is C9H13BrN2S. The molecule has 1 saturated carbocycles. The molecule has 1 fully saturated rings. The molecule has 1 aliphatic carbocycles. The normalized spacial score (nSPS) is 19.8. The highest BCUT2D eigenvalue weighted by Gasteiger charge is 2.27. The van der Waals surface area contributed by atoms with Gasteiger partial charge in [0.2, 0.25) is 0 Å². The molecule has 1 heterocycles. The lowest BCUT2D eigenvalue weighted by atomic mass is 9.78. The molecule has 2 nitrogen and oxygen atoms in total. The van der Waals surface area contributed by atoms with Crippen LogP contribution in [0.2, 0.25) is 0 Å². The van der Waals surface area contributed by atoms with Crippen molar-refractivity contribution in [3.8, 4) is 0 Å². The number of thiophene rings is 1. The summed E-state index contributed by atoms with van der Waals surface area (Å²) in [6, 6.07) is 2.52. The van der Waals surface area contributed by atoms with Crippen LogP contribution in [0.1, 0.15) is 30.9 Å². The fraction of sp³-hybridized carbons (Fsp3) is 0.556. The molecule has 72 valence electrons. The van der Waals surface area contributed by atoms with Gasteiger partial charge < -0.3 is 0 Å². The number of nitrogens with one attached hydrogen (secondary N) is 1. The minimum Gasteiger partial charge on any atom is -0.271 e. The highest BCUT2D eigenvalue weighted by molar-refractivity contribution is 9.11. The van der Waals surface area contributed by atoms with Crippen LogP contribution in [0.3, 0.4) is 0 Å². The van der Waals surface area contributed by atoms with E-state index in [1.165, 1.54) is 28.6 Å². The predicted octanol–water partition coefficient (Wildman–Crippen LogP) is 2.82. The maximum absolute atomic E-state index is 5.56. The summed E-state index contributed by atoms with van der Waals surface area (Å²) in [7, 11) is 0. The van der Waals surface area contributed by atoms with Gasteiger partial charge in [0, 0.05) is 6.04 Å². The third-order valence-electron chi connectivity index (χ3n) is 2.75. The summed E-state index contributed by atoms with van der Waals surface area (Å²) in [4.78, 5) is 0. The molecule has 4 heteroatoms. The fourth-order valence-electron chi connectivity index (χ4n) is 1.76. The molecule has 0 spiro atoms. The number of hydrazine groups is 1. The number of halogens is 1. The van der Waals surface area contributed by atoms with Gasteiger partial charge in [-0.2, -0.15) is 0 Å². The van der Waals surface area contributed by atoms with Gasteiger partial charge in [0.15, 0.2) is 0 Å². The smallest absolute Gasteiger partial charge is 0.0701 e. The molecule has 0 aromatic carbocycles. The van der Waals surface area contributed by atoms with E-state index in [4.69, 9.17) is 5.84 Å². The highest BCUT2D eigenvalue weighted by atomic mass is 79.9. The van der Waals surface area contributed by atoms with Crippen LogP contribution in [-0.2, 0) is 0 Å². The van der Waals surface area contributed by atoms with Crippen LogP contribution in [-0.4, -0.2) is 0 Å². The first-order chi connectivity index (χ1) is 6.31. The zero-order valence-corrected chi connectivity index (χ0v) is 9.70. The van der Waals surface area contributed by atoms with E-state index in [2.05, 4.69) is 32.8 Å².